The molecule has 0 bridgehead atoms. The van der Waals surface area contributed by atoms with Gasteiger partial charge >= 0.3 is 0 Å². The molecule has 0 radical (unpaired) electrons. The summed E-state index contributed by atoms with van der Waals surface area (Å²) in [5.74, 6) is 0.696. The van der Waals surface area contributed by atoms with Crippen molar-refractivity contribution in [3.05, 3.63) is 16.4 Å². The molecule has 1 aliphatic rings. The molecule has 4 nitrogen and oxygen atoms in total. The maximum Gasteiger partial charge on any atom is 0.0850 e. The average molecular weight is 300 g/mol. The standard InChI is InChI=1S/C15H26ClN3O/c1-5-11-14(16)13(19(3)18-11)9-12(17-6-2)15(20-4)10-7-8-10/h10,12,15,17H,5-9H2,1-4H3. The third-order valence-electron chi connectivity index (χ3n) is 4.14. The Hall–Kier alpha value is -0.580. The maximum atomic E-state index is 6.47. The molecule has 0 aliphatic heterocycles. The van der Waals surface area contributed by atoms with Crippen LogP contribution in [-0.4, -0.2) is 35.6 Å². The third-order valence-corrected chi connectivity index (χ3v) is 4.57. The van der Waals surface area contributed by atoms with Crippen LogP contribution in [0.2, 0.25) is 5.02 Å². The lowest BCUT2D eigenvalue weighted by Gasteiger charge is -2.27. The summed E-state index contributed by atoms with van der Waals surface area (Å²) in [5, 5.41) is 8.89. The molecule has 2 unspecified atom stereocenters. The van der Waals surface area contributed by atoms with Crippen molar-refractivity contribution in [2.24, 2.45) is 13.0 Å². The monoisotopic (exact) mass is 299 g/mol. The number of nitrogens with one attached hydrogen (secondary N) is 1. The lowest BCUT2D eigenvalue weighted by atomic mass is 10.0. The van der Waals surface area contributed by atoms with E-state index < -0.39 is 0 Å². The van der Waals surface area contributed by atoms with Gasteiger partial charge in [-0.2, -0.15) is 5.10 Å². The fourth-order valence-electron chi connectivity index (χ4n) is 2.93. The summed E-state index contributed by atoms with van der Waals surface area (Å²) in [6.07, 6.45) is 4.56. The van der Waals surface area contributed by atoms with E-state index in [4.69, 9.17) is 16.3 Å². The molecule has 1 N–H and O–H groups in total. The van der Waals surface area contributed by atoms with Crippen molar-refractivity contribution in [1.29, 1.82) is 0 Å². The molecule has 0 saturated heterocycles. The zero-order chi connectivity index (χ0) is 14.7. The number of halogens is 1. The molecule has 1 heterocycles. The lowest BCUT2D eigenvalue weighted by Crippen LogP contribution is -2.44. The number of aryl methyl sites for hydroxylation is 2. The fraction of sp³-hybridized carbons (Fsp3) is 0.800. The van der Waals surface area contributed by atoms with Crippen LogP contribution in [0.4, 0.5) is 0 Å². The number of rotatable bonds is 8. The molecule has 20 heavy (non-hydrogen) atoms. The Balaban J connectivity index is 2.16. The van der Waals surface area contributed by atoms with Crippen LogP contribution >= 0.6 is 11.6 Å². The van der Waals surface area contributed by atoms with Gasteiger partial charge in [0.1, 0.15) is 0 Å². The molecule has 1 aromatic heterocycles. The minimum Gasteiger partial charge on any atom is -0.380 e. The van der Waals surface area contributed by atoms with Crippen molar-refractivity contribution >= 4 is 11.6 Å². The van der Waals surface area contributed by atoms with Crippen molar-refractivity contribution in [2.45, 2.75) is 51.7 Å². The first-order valence-corrected chi connectivity index (χ1v) is 7.96. The zero-order valence-corrected chi connectivity index (χ0v) is 13.7. The Morgan fingerprint density at radius 2 is 2.15 bits per heavy atom. The summed E-state index contributed by atoms with van der Waals surface area (Å²) in [4.78, 5) is 0. The second kappa shape index (κ2) is 6.92. The van der Waals surface area contributed by atoms with E-state index in [9.17, 15) is 0 Å². The van der Waals surface area contributed by atoms with Crippen LogP contribution in [0.15, 0.2) is 0 Å². The largest absolute Gasteiger partial charge is 0.380 e. The van der Waals surface area contributed by atoms with Crippen LogP contribution in [0.25, 0.3) is 0 Å². The minimum absolute atomic E-state index is 0.269. The minimum atomic E-state index is 0.269. The molecule has 0 aromatic carbocycles. The lowest BCUT2D eigenvalue weighted by molar-refractivity contribution is 0.0510. The molecule has 1 aliphatic carbocycles. The molecule has 1 fully saturated rings. The van der Waals surface area contributed by atoms with E-state index in [1.54, 1.807) is 0 Å². The van der Waals surface area contributed by atoms with E-state index in [0.29, 0.717) is 12.0 Å². The van der Waals surface area contributed by atoms with Gasteiger partial charge in [0.25, 0.3) is 0 Å². The molecule has 5 heteroatoms. The average Bonchev–Trinajstić information content (AvgIpc) is 3.22. The van der Waals surface area contributed by atoms with Gasteiger partial charge in [-0.3, -0.25) is 4.68 Å². The van der Waals surface area contributed by atoms with Crippen LogP contribution < -0.4 is 5.32 Å². The molecule has 114 valence electrons. The number of aromatic nitrogens is 2. The first-order valence-electron chi connectivity index (χ1n) is 7.58. The molecule has 1 aromatic rings. The smallest absolute Gasteiger partial charge is 0.0850 e. The SMILES string of the molecule is CCNC(Cc1c(Cl)c(CC)nn1C)C(OC)C1CC1. The Morgan fingerprint density at radius 1 is 1.45 bits per heavy atom. The van der Waals surface area contributed by atoms with Gasteiger partial charge in [0.15, 0.2) is 0 Å². The van der Waals surface area contributed by atoms with Crippen LogP contribution in [0.3, 0.4) is 0 Å². The van der Waals surface area contributed by atoms with Crippen molar-refractivity contribution in [2.75, 3.05) is 13.7 Å². The van der Waals surface area contributed by atoms with E-state index in [1.807, 2.05) is 18.8 Å². The normalized spacial score (nSPS) is 18.2. The van der Waals surface area contributed by atoms with Crippen molar-refractivity contribution in [3.8, 4) is 0 Å². The molecule has 2 atom stereocenters. The first kappa shape index (κ1) is 15.8. The quantitative estimate of drug-likeness (QED) is 0.802. The Labute approximate surface area is 126 Å². The summed E-state index contributed by atoms with van der Waals surface area (Å²) < 4.78 is 7.66. The van der Waals surface area contributed by atoms with Crippen LogP contribution in [0.1, 0.15) is 38.1 Å². The Bertz CT molecular complexity index is 443. The second-order valence-electron chi connectivity index (χ2n) is 5.59. The number of hydrogen-bond acceptors (Lipinski definition) is 3. The van der Waals surface area contributed by atoms with Crippen LogP contribution in [0.5, 0.6) is 0 Å². The second-order valence-corrected chi connectivity index (χ2v) is 5.97. The maximum absolute atomic E-state index is 6.47. The van der Waals surface area contributed by atoms with Gasteiger partial charge in [-0.15, -0.1) is 0 Å². The van der Waals surface area contributed by atoms with E-state index in [-0.39, 0.29) is 6.10 Å². The summed E-state index contributed by atoms with van der Waals surface area (Å²) in [7, 11) is 3.79. The topological polar surface area (TPSA) is 39.1 Å². The van der Waals surface area contributed by atoms with Crippen molar-refractivity contribution < 1.29 is 4.74 Å². The molecule has 1 saturated carbocycles. The van der Waals surface area contributed by atoms with E-state index >= 15 is 0 Å². The first-order chi connectivity index (χ1) is 9.62. The third kappa shape index (κ3) is 3.35. The molecular formula is C15H26ClN3O. The van der Waals surface area contributed by atoms with Gasteiger partial charge < -0.3 is 10.1 Å². The Morgan fingerprint density at radius 3 is 2.60 bits per heavy atom. The van der Waals surface area contributed by atoms with Crippen molar-refractivity contribution in [1.82, 2.24) is 15.1 Å². The highest BCUT2D eigenvalue weighted by Gasteiger charge is 2.37. The molecule has 0 amide bonds. The summed E-state index contributed by atoms with van der Waals surface area (Å²) in [5.41, 5.74) is 2.09. The van der Waals surface area contributed by atoms with Gasteiger partial charge in [0.2, 0.25) is 0 Å². The molecular weight excluding hydrogens is 274 g/mol. The summed E-state index contributed by atoms with van der Waals surface area (Å²) in [6.45, 7) is 5.16. The highest BCUT2D eigenvalue weighted by molar-refractivity contribution is 6.31. The van der Waals surface area contributed by atoms with Crippen LogP contribution in [-0.2, 0) is 24.6 Å². The van der Waals surface area contributed by atoms with Gasteiger partial charge in [-0.05, 0) is 31.7 Å². The number of likely N-dealkylation sites (N-methyl/N-ethyl adjacent to an activating group) is 1. The van der Waals surface area contributed by atoms with E-state index in [2.05, 4.69) is 24.3 Å². The van der Waals surface area contributed by atoms with Gasteiger partial charge in [0, 0.05) is 26.6 Å². The molecule has 0 spiro atoms. The summed E-state index contributed by atoms with van der Waals surface area (Å²) >= 11 is 6.47. The number of hydrogen-bond donors (Lipinski definition) is 1. The highest BCUT2D eigenvalue weighted by Crippen LogP contribution is 2.36. The molecule has 2 rings (SSSR count). The van der Waals surface area contributed by atoms with E-state index in [0.717, 1.165) is 35.8 Å². The summed E-state index contributed by atoms with van der Waals surface area (Å²) in [6, 6.07) is 0.301. The van der Waals surface area contributed by atoms with Crippen LogP contribution in [0, 0.1) is 5.92 Å². The highest BCUT2D eigenvalue weighted by atomic mass is 35.5. The number of ether oxygens (including phenoxy) is 1. The Kier molecular flexibility index (Phi) is 5.47. The fourth-order valence-corrected chi connectivity index (χ4v) is 3.30. The van der Waals surface area contributed by atoms with Gasteiger partial charge in [-0.25, -0.2) is 0 Å². The number of methoxy groups -OCH3 is 1. The number of nitrogens with zero attached hydrogens (tertiary/aromatic N) is 2. The van der Waals surface area contributed by atoms with Crippen molar-refractivity contribution in [3.63, 3.8) is 0 Å². The van der Waals surface area contributed by atoms with E-state index in [1.165, 1.54) is 12.8 Å². The predicted octanol–water partition coefficient (Wildman–Crippen LogP) is 2.58. The zero-order valence-electron chi connectivity index (χ0n) is 12.9. The van der Waals surface area contributed by atoms with Gasteiger partial charge in [0.05, 0.1) is 22.5 Å². The predicted molar refractivity (Wildman–Crippen MR) is 82.3 cm³/mol. The van der Waals surface area contributed by atoms with Gasteiger partial charge in [-0.1, -0.05) is 25.4 Å².